The highest BCUT2D eigenvalue weighted by molar-refractivity contribution is 5.21. The lowest BCUT2D eigenvalue weighted by atomic mass is 10.1. The van der Waals surface area contributed by atoms with Crippen LogP contribution in [0.1, 0.15) is 31.9 Å². The van der Waals surface area contributed by atoms with Crippen molar-refractivity contribution in [3.05, 3.63) is 35.4 Å². The minimum Gasteiger partial charge on any atom is -0.297 e. The normalized spacial score (nSPS) is 14.2. The van der Waals surface area contributed by atoms with E-state index >= 15 is 0 Å². The number of terminal acetylenes is 1. The summed E-state index contributed by atoms with van der Waals surface area (Å²) in [6.07, 6.45) is 6.09. The Morgan fingerprint density at radius 1 is 1.31 bits per heavy atom. The van der Waals surface area contributed by atoms with E-state index < -0.39 is 11.6 Å². The highest BCUT2D eigenvalue weighted by Crippen LogP contribution is 2.16. The van der Waals surface area contributed by atoms with Gasteiger partial charge in [-0.05, 0) is 31.0 Å². The van der Waals surface area contributed by atoms with E-state index in [0.717, 1.165) is 12.5 Å². The first-order valence-electron chi connectivity index (χ1n) is 5.25. The maximum Gasteiger partial charge on any atom is 0.126 e. The summed E-state index contributed by atoms with van der Waals surface area (Å²) in [7, 11) is 0. The van der Waals surface area contributed by atoms with Crippen molar-refractivity contribution in [1.82, 2.24) is 5.32 Å². The van der Waals surface area contributed by atoms with Gasteiger partial charge in [-0.1, -0.05) is 12.8 Å². The topological polar surface area (TPSA) is 12.0 Å². The molecule has 2 unspecified atom stereocenters. The molecule has 3 heteroatoms. The highest BCUT2D eigenvalue weighted by Gasteiger charge is 2.11. The second kappa shape index (κ2) is 5.62. The van der Waals surface area contributed by atoms with Crippen molar-refractivity contribution in [1.29, 1.82) is 0 Å². The molecule has 0 amide bonds. The summed E-state index contributed by atoms with van der Waals surface area (Å²) >= 11 is 0. The van der Waals surface area contributed by atoms with Crippen molar-refractivity contribution in [3.63, 3.8) is 0 Å². The van der Waals surface area contributed by atoms with Crippen LogP contribution in [0.15, 0.2) is 18.2 Å². The van der Waals surface area contributed by atoms with Gasteiger partial charge < -0.3 is 0 Å². The van der Waals surface area contributed by atoms with Gasteiger partial charge in [0.25, 0.3) is 0 Å². The van der Waals surface area contributed by atoms with Crippen LogP contribution in [0.2, 0.25) is 0 Å². The Bertz CT molecular complexity index is 375. The van der Waals surface area contributed by atoms with E-state index in [1.54, 1.807) is 0 Å². The van der Waals surface area contributed by atoms with Gasteiger partial charge in [-0.3, -0.25) is 5.32 Å². The van der Waals surface area contributed by atoms with Crippen LogP contribution < -0.4 is 5.32 Å². The molecule has 0 fully saturated rings. The Balaban J connectivity index is 2.80. The molecule has 0 aliphatic heterocycles. The summed E-state index contributed by atoms with van der Waals surface area (Å²) in [5, 5.41) is 3.12. The number of hydrogen-bond donors (Lipinski definition) is 1. The molecule has 1 N–H and O–H groups in total. The number of halogens is 2. The summed E-state index contributed by atoms with van der Waals surface area (Å²) in [4.78, 5) is 0. The summed E-state index contributed by atoms with van der Waals surface area (Å²) in [6.45, 7) is 3.78. The summed E-state index contributed by atoms with van der Waals surface area (Å²) < 4.78 is 26.0. The molecule has 1 nitrogen and oxygen atoms in total. The molecule has 0 aliphatic carbocycles. The molecule has 0 bridgehead atoms. The van der Waals surface area contributed by atoms with Crippen molar-refractivity contribution in [2.24, 2.45) is 0 Å². The Morgan fingerprint density at radius 3 is 2.31 bits per heavy atom. The fourth-order valence-electron chi connectivity index (χ4n) is 1.51. The molecule has 1 aromatic rings. The Kier molecular flexibility index (Phi) is 4.45. The molecular weight excluding hydrogens is 208 g/mol. The van der Waals surface area contributed by atoms with Gasteiger partial charge in [-0.2, -0.15) is 0 Å². The van der Waals surface area contributed by atoms with Gasteiger partial charge in [0, 0.05) is 12.1 Å². The second-order valence-corrected chi connectivity index (χ2v) is 3.72. The standard InChI is InChI=1S/C13H15F2N/c1-4-13(5-2)16-9(3)10-6-11(14)8-12(15)7-10/h1,6-9,13,16H,5H2,2-3H3. The lowest BCUT2D eigenvalue weighted by Gasteiger charge is -2.18. The smallest absolute Gasteiger partial charge is 0.126 e. The number of hydrogen-bond acceptors (Lipinski definition) is 1. The third-order valence-electron chi connectivity index (χ3n) is 2.45. The first-order chi connectivity index (χ1) is 7.56. The largest absolute Gasteiger partial charge is 0.297 e. The average molecular weight is 223 g/mol. The predicted octanol–water partition coefficient (Wildman–Crippen LogP) is 3.03. The first kappa shape index (κ1) is 12.7. The minimum atomic E-state index is -0.572. The predicted molar refractivity (Wildman–Crippen MR) is 60.8 cm³/mol. The van der Waals surface area contributed by atoms with E-state index in [1.165, 1.54) is 12.1 Å². The molecule has 0 saturated carbocycles. The highest BCUT2D eigenvalue weighted by atomic mass is 19.1. The van der Waals surface area contributed by atoms with Crippen LogP contribution in [0.5, 0.6) is 0 Å². The molecule has 0 aromatic heterocycles. The summed E-state index contributed by atoms with van der Waals surface area (Å²) in [6, 6.07) is 3.22. The number of nitrogens with one attached hydrogen (secondary N) is 1. The molecular formula is C13H15F2N. The van der Waals surface area contributed by atoms with Crippen LogP contribution in [0.3, 0.4) is 0 Å². The van der Waals surface area contributed by atoms with Crippen LogP contribution in [-0.2, 0) is 0 Å². The van der Waals surface area contributed by atoms with Gasteiger partial charge in [0.2, 0.25) is 0 Å². The van der Waals surface area contributed by atoms with Crippen molar-refractivity contribution in [3.8, 4) is 12.3 Å². The number of benzene rings is 1. The second-order valence-electron chi connectivity index (χ2n) is 3.72. The van der Waals surface area contributed by atoms with Crippen LogP contribution in [0.25, 0.3) is 0 Å². The maximum absolute atomic E-state index is 13.0. The monoisotopic (exact) mass is 223 g/mol. The lowest BCUT2D eigenvalue weighted by molar-refractivity contribution is 0.503. The Hall–Kier alpha value is -1.40. The van der Waals surface area contributed by atoms with Gasteiger partial charge >= 0.3 is 0 Å². The van der Waals surface area contributed by atoms with Crippen LogP contribution in [0.4, 0.5) is 8.78 Å². The van der Waals surface area contributed by atoms with E-state index in [0.29, 0.717) is 5.56 Å². The summed E-state index contributed by atoms with van der Waals surface area (Å²) in [5.74, 6) is 1.44. The van der Waals surface area contributed by atoms with Gasteiger partial charge in [0.1, 0.15) is 11.6 Å². The molecule has 0 aliphatic rings. The molecule has 0 heterocycles. The zero-order valence-corrected chi connectivity index (χ0v) is 9.43. The van der Waals surface area contributed by atoms with E-state index in [4.69, 9.17) is 6.42 Å². The van der Waals surface area contributed by atoms with Gasteiger partial charge in [-0.15, -0.1) is 6.42 Å². The molecule has 2 atom stereocenters. The Labute approximate surface area is 94.9 Å². The van der Waals surface area contributed by atoms with E-state index in [2.05, 4.69) is 11.2 Å². The third-order valence-corrected chi connectivity index (χ3v) is 2.45. The van der Waals surface area contributed by atoms with E-state index in [9.17, 15) is 8.78 Å². The first-order valence-corrected chi connectivity index (χ1v) is 5.25. The van der Waals surface area contributed by atoms with Crippen LogP contribution in [-0.4, -0.2) is 6.04 Å². The average Bonchev–Trinajstić information content (AvgIpc) is 2.24. The quantitative estimate of drug-likeness (QED) is 0.774. The van der Waals surface area contributed by atoms with Gasteiger partial charge in [-0.25, -0.2) is 8.78 Å². The van der Waals surface area contributed by atoms with Crippen LogP contribution in [0, 0.1) is 24.0 Å². The van der Waals surface area contributed by atoms with E-state index in [1.807, 2.05) is 13.8 Å². The SMILES string of the molecule is C#CC(CC)NC(C)c1cc(F)cc(F)c1. The van der Waals surface area contributed by atoms with Crippen LogP contribution >= 0.6 is 0 Å². The molecule has 86 valence electrons. The minimum absolute atomic E-state index is 0.0821. The van der Waals surface area contributed by atoms with Crippen molar-refractivity contribution >= 4 is 0 Å². The maximum atomic E-state index is 13.0. The molecule has 0 saturated heterocycles. The zero-order valence-electron chi connectivity index (χ0n) is 9.43. The van der Waals surface area contributed by atoms with Crippen molar-refractivity contribution < 1.29 is 8.78 Å². The van der Waals surface area contributed by atoms with Crippen molar-refractivity contribution in [2.75, 3.05) is 0 Å². The molecule has 16 heavy (non-hydrogen) atoms. The third kappa shape index (κ3) is 3.32. The fourth-order valence-corrected chi connectivity index (χ4v) is 1.51. The van der Waals surface area contributed by atoms with Gasteiger partial charge in [0.15, 0.2) is 0 Å². The van der Waals surface area contributed by atoms with Gasteiger partial charge in [0.05, 0.1) is 6.04 Å². The molecule has 0 radical (unpaired) electrons. The van der Waals surface area contributed by atoms with E-state index in [-0.39, 0.29) is 12.1 Å². The molecule has 0 spiro atoms. The van der Waals surface area contributed by atoms with Crippen molar-refractivity contribution in [2.45, 2.75) is 32.4 Å². The summed E-state index contributed by atoms with van der Waals surface area (Å²) in [5.41, 5.74) is 0.561. The molecule has 1 rings (SSSR count). The zero-order chi connectivity index (χ0) is 12.1. The fraction of sp³-hybridized carbons (Fsp3) is 0.385. The number of rotatable bonds is 4. The lowest BCUT2D eigenvalue weighted by Crippen LogP contribution is -2.29. The Morgan fingerprint density at radius 2 is 1.88 bits per heavy atom. The molecule has 1 aromatic carbocycles.